The summed E-state index contributed by atoms with van der Waals surface area (Å²) < 4.78 is 5.78. The van der Waals surface area contributed by atoms with Crippen molar-refractivity contribution in [2.24, 2.45) is 0 Å². The number of likely N-dealkylation sites (N-methyl/N-ethyl adjacent to an activating group) is 1. The summed E-state index contributed by atoms with van der Waals surface area (Å²) in [7, 11) is 3.91. The standard InChI is InChI=1S/C22H25N5O2/c1-27(2)13-12-23-21(28)18-14-24-22(25-15-18)26-19-8-10-20(11-9-19)29-16-17-6-4-3-5-7-17/h3-11,14-15H,12-13,16H2,1-2H3,(H,23,28)(H,24,25,26). The minimum atomic E-state index is -0.182. The van der Waals surface area contributed by atoms with Gasteiger partial charge < -0.3 is 20.3 Å². The Balaban J connectivity index is 1.50. The third-order valence-electron chi connectivity index (χ3n) is 4.12. The van der Waals surface area contributed by atoms with Gasteiger partial charge in [0.2, 0.25) is 5.95 Å². The zero-order chi connectivity index (χ0) is 20.5. The summed E-state index contributed by atoms with van der Waals surface area (Å²) in [6.07, 6.45) is 3.02. The molecule has 7 heteroatoms. The van der Waals surface area contributed by atoms with E-state index in [0.717, 1.165) is 23.5 Å². The van der Waals surface area contributed by atoms with E-state index < -0.39 is 0 Å². The monoisotopic (exact) mass is 391 g/mol. The smallest absolute Gasteiger partial charge is 0.254 e. The van der Waals surface area contributed by atoms with Crippen LogP contribution in [0.3, 0.4) is 0 Å². The predicted octanol–water partition coefficient (Wildman–Crippen LogP) is 3.09. The topological polar surface area (TPSA) is 79.4 Å². The van der Waals surface area contributed by atoms with Crippen LogP contribution in [0.25, 0.3) is 0 Å². The second-order valence-electron chi connectivity index (χ2n) is 6.78. The van der Waals surface area contributed by atoms with Gasteiger partial charge in [0.05, 0.1) is 5.56 Å². The predicted molar refractivity (Wildman–Crippen MR) is 113 cm³/mol. The molecule has 3 rings (SSSR count). The van der Waals surface area contributed by atoms with Crippen molar-refractivity contribution in [3.8, 4) is 5.75 Å². The van der Waals surface area contributed by atoms with E-state index in [4.69, 9.17) is 4.74 Å². The van der Waals surface area contributed by atoms with Crippen LogP contribution in [0.5, 0.6) is 5.75 Å². The largest absolute Gasteiger partial charge is 0.489 e. The van der Waals surface area contributed by atoms with E-state index in [1.165, 1.54) is 12.4 Å². The summed E-state index contributed by atoms with van der Waals surface area (Å²) in [5.74, 6) is 1.02. The third kappa shape index (κ3) is 6.58. The van der Waals surface area contributed by atoms with E-state index in [0.29, 0.717) is 24.7 Å². The Morgan fingerprint density at radius 2 is 1.69 bits per heavy atom. The number of benzene rings is 2. The van der Waals surface area contributed by atoms with Gasteiger partial charge in [-0.05, 0) is 43.9 Å². The molecular weight excluding hydrogens is 366 g/mol. The summed E-state index contributed by atoms with van der Waals surface area (Å²) in [6, 6.07) is 17.6. The van der Waals surface area contributed by atoms with Gasteiger partial charge in [0, 0.05) is 31.2 Å². The highest BCUT2D eigenvalue weighted by Crippen LogP contribution is 2.19. The van der Waals surface area contributed by atoms with Gasteiger partial charge in [0.25, 0.3) is 5.91 Å². The van der Waals surface area contributed by atoms with Crippen molar-refractivity contribution in [2.75, 3.05) is 32.5 Å². The van der Waals surface area contributed by atoms with Crippen LogP contribution in [0, 0.1) is 0 Å². The van der Waals surface area contributed by atoms with Crippen molar-refractivity contribution in [3.05, 3.63) is 78.1 Å². The van der Waals surface area contributed by atoms with Crippen LogP contribution >= 0.6 is 0 Å². The van der Waals surface area contributed by atoms with E-state index in [2.05, 4.69) is 20.6 Å². The second-order valence-corrected chi connectivity index (χ2v) is 6.78. The zero-order valence-electron chi connectivity index (χ0n) is 16.6. The molecule has 0 fully saturated rings. The van der Waals surface area contributed by atoms with Crippen LogP contribution in [0.2, 0.25) is 0 Å². The van der Waals surface area contributed by atoms with E-state index in [1.807, 2.05) is 73.6 Å². The number of anilines is 2. The molecule has 0 bridgehead atoms. The third-order valence-corrected chi connectivity index (χ3v) is 4.12. The summed E-state index contributed by atoms with van der Waals surface area (Å²) in [6.45, 7) is 1.87. The summed E-state index contributed by atoms with van der Waals surface area (Å²) in [5.41, 5.74) is 2.38. The van der Waals surface area contributed by atoms with Crippen molar-refractivity contribution in [1.29, 1.82) is 0 Å². The molecule has 0 saturated heterocycles. The number of rotatable bonds is 9. The second kappa shape index (κ2) is 10.2. The molecule has 0 aliphatic carbocycles. The zero-order valence-corrected chi connectivity index (χ0v) is 16.6. The molecular formula is C22H25N5O2. The van der Waals surface area contributed by atoms with Crippen molar-refractivity contribution < 1.29 is 9.53 Å². The fraction of sp³-hybridized carbons (Fsp3) is 0.227. The maximum absolute atomic E-state index is 12.1. The van der Waals surface area contributed by atoms with Gasteiger partial charge in [-0.15, -0.1) is 0 Å². The number of carbonyl (C=O) groups is 1. The molecule has 1 aromatic heterocycles. The van der Waals surface area contributed by atoms with E-state index >= 15 is 0 Å². The first-order chi connectivity index (χ1) is 14.1. The molecule has 2 N–H and O–H groups in total. The van der Waals surface area contributed by atoms with Gasteiger partial charge in [-0.25, -0.2) is 9.97 Å². The van der Waals surface area contributed by atoms with Crippen LogP contribution < -0.4 is 15.4 Å². The fourth-order valence-corrected chi connectivity index (χ4v) is 2.51. The number of amides is 1. The average Bonchev–Trinajstić information content (AvgIpc) is 2.74. The normalized spacial score (nSPS) is 10.6. The lowest BCUT2D eigenvalue weighted by Gasteiger charge is -2.10. The van der Waals surface area contributed by atoms with Crippen molar-refractivity contribution in [2.45, 2.75) is 6.61 Å². The molecule has 0 aliphatic heterocycles. The van der Waals surface area contributed by atoms with Crippen LogP contribution in [0.1, 0.15) is 15.9 Å². The maximum atomic E-state index is 12.1. The van der Waals surface area contributed by atoms with Gasteiger partial charge in [-0.3, -0.25) is 4.79 Å². The molecule has 0 saturated carbocycles. The Morgan fingerprint density at radius 3 is 2.34 bits per heavy atom. The van der Waals surface area contributed by atoms with Gasteiger partial charge in [-0.2, -0.15) is 0 Å². The molecule has 7 nitrogen and oxygen atoms in total. The molecule has 0 spiro atoms. The minimum Gasteiger partial charge on any atom is -0.489 e. The average molecular weight is 391 g/mol. The van der Waals surface area contributed by atoms with E-state index in [-0.39, 0.29) is 5.91 Å². The summed E-state index contributed by atoms with van der Waals surface area (Å²) >= 11 is 0. The molecule has 0 radical (unpaired) electrons. The first-order valence-electron chi connectivity index (χ1n) is 9.39. The first kappa shape index (κ1) is 20.3. The number of aromatic nitrogens is 2. The van der Waals surface area contributed by atoms with Gasteiger partial charge >= 0.3 is 0 Å². The van der Waals surface area contributed by atoms with Crippen molar-refractivity contribution >= 4 is 17.5 Å². The summed E-state index contributed by atoms with van der Waals surface area (Å²) in [5, 5.41) is 5.95. The molecule has 29 heavy (non-hydrogen) atoms. The number of carbonyl (C=O) groups excluding carboxylic acids is 1. The quantitative estimate of drug-likeness (QED) is 0.584. The maximum Gasteiger partial charge on any atom is 0.254 e. The van der Waals surface area contributed by atoms with Crippen LogP contribution in [-0.2, 0) is 6.61 Å². The Bertz CT molecular complexity index is 897. The van der Waals surface area contributed by atoms with Gasteiger partial charge in [0.15, 0.2) is 0 Å². The number of hydrogen-bond acceptors (Lipinski definition) is 6. The molecule has 1 heterocycles. The number of ether oxygens (including phenoxy) is 1. The van der Waals surface area contributed by atoms with Crippen molar-refractivity contribution in [1.82, 2.24) is 20.2 Å². The molecule has 0 unspecified atom stereocenters. The van der Waals surface area contributed by atoms with Crippen LogP contribution in [0.15, 0.2) is 67.0 Å². The number of nitrogens with zero attached hydrogens (tertiary/aromatic N) is 3. The molecule has 150 valence electrons. The Hall–Kier alpha value is -3.45. The molecule has 1 amide bonds. The van der Waals surface area contributed by atoms with Crippen molar-refractivity contribution in [3.63, 3.8) is 0 Å². The minimum absolute atomic E-state index is 0.182. The highest BCUT2D eigenvalue weighted by atomic mass is 16.5. The molecule has 2 aromatic carbocycles. The highest BCUT2D eigenvalue weighted by molar-refractivity contribution is 5.93. The number of hydrogen-bond donors (Lipinski definition) is 2. The van der Waals surface area contributed by atoms with Crippen LogP contribution in [0.4, 0.5) is 11.6 Å². The molecule has 0 atom stereocenters. The molecule has 3 aromatic rings. The summed E-state index contributed by atoms with van der Waals surface area (Å²) in [4.78, 5) is 22.5. The Morgan fingerprint density at radius 1 is 1.00 bits per heavy atom. The van der Waals surface area contributed by atoms with Gasteiger partial charge in [-0.1, -0.05) is 30.3 Å². The van der Waals surface area contributed by atoms with E-state index in [9.17, 15) is 4.79 Å². The van der Waals surface area contributed by atoms with Crippen LogP contribution in [-0.4, -0.2) is 48.0 Å². The lowest BCUT2D eigenvalue weighted by molar-refractivity contribution is 0.0950. The lowest BCUT2D eigenvalue weighted by Crippen LogP contribution is -2.31. The Kier molecular flexibility index (Phi) is 7.13. The van der Waals surface area contributed by atoms with Gasteiger partial charge in [0.1, 0.15) is 12.4 Å². The lowest BCUT2D eigenvalue weighted by atomic mass is 10.2. The first-order valence-corrected chi connectivity index (χ1v) is 9.39. The Labute approximate surface area is 170 Å². The molecule has 0 aliphatic rings. The van der Waals surface area contributed by atoms with E-state index in [1.54, 1.807) is 0 Å². The highest BCUT2D eigenvalue weighted by Gasteiger charge is 2.07. The fourth-order valence-electron chi connectivity index (χ4n) is 2.51. The SMILES string of the molecule is CN(C)CCNC(=O)c1cnc(Nc2ccc(OCc3ccccc3)cc2)nc1. The number of nitrogens with one attached hydrogen (secondary N) is 2.